The fourth-order valence-corrected chi connectivity index (χ4v) is 4.32. The van der Waals surface area contributed by atoms with Gasteiger partial charge in [0.25, 0.3) is 15.9 Å². The van der Waals surface area contributed by atoms with Crippen LogP contribution >= 0.6 is 0 Å². The van der Waals surface area contributed by atoms with Gasteiger partial charge in [-0.1, -0.05) is 56.3 Å². The SMILES string of the molecule is COc1nc(C)cnc1NS(=O)(=O)c1ccccc1-c1ccc(CC(C)C)cc1. The topological polar surface area (TPSA) is 81.2 Å². The van der Waals surface area contributed by atoms with Crippen molar-refractivity contribution in [2.45, 2.75) is 32.1 Å². The highest BCUT2D eigenvalue weighted by Crippen LogP contribution is 2.30. The number of hydrogen-bond donors (Lipinski definition) is 1. The lowest BCUT2D eigenvalue weighted by Gasteiger charge is -2.14. The van der Waals surface area contributed by atoms with Crippen molar-refractivity contribution in [2.75, 3.05) is 11.8 Å². The maximum Gasteiger partial charge on any atom is 0.263 e. The molecule has 0 atom stereocenters. The molecule has 0 amide bonds. The fourth-order valence-electron chi connectivity index (χ4n) is 3.08. The summed E-state index contributed by atoms with van der Waals surface area (Å²) in [4.78, 5) is 8.46. The van der Waals surface area contributed by atoms with Gasteiger partial charge in [0.2, 0.25) is 5.82 Å². The number of nitrogens with one attached hydrogen (secondary N) is 1. The van der Waals surface area contributed by atoms with Crippen molar-refractivity contribution < 1.29 is 13.2 Å². The molecule has 0 aliphatic rings. The molecule has 7 heteroatoms. The van der Waals surface area contributed by atoms with E-state index in [0.29, 0.717) is 17.2 Å². The molecular formula is C22H25N3O3S. The van der Waals surface area contributed by atoms with E-state index < -0.39 is 10.0 Å². The molecule has 0 aliphatic heterocycles. The molecule has 6 nitrogen and oxygen atoms in total. The molecule has 29 heavy (non-hydrogen) atoms. The second kappa shape index (κ2) is 8.61. The highest BCUT2D eigenvalue weighted by atomic mass is 32.2. The number of aryl methyl sites for hydroxylation is 1. The minimum atomic E-state index is -3.90. The summed E-state index contributed by atoms with van der Waals surface area (Å²) in [7, 11) is -2.47. The molecule has 0 aliphatic carbocycles. The summed E-state index contributed by atoms with van der Waals surface area (Å²) in [6.07, 6.45) is 2.47. The number of rotatable bonds is 7. The van der Waals surface area contributed by atoms with Crippen LogP contribution in [0, 0.1) is 12.8 Å². The first kappa shape index (κ1) is 20.8. The van der Waals surface area contributed by atoms with Crippen molar-refractivity contribution in [3.8, 4) is 17.0 Å². The first-order valence-corrected chi connectivity index (χ1v) is 10.9. The van der Waals surface area contributed by atoms with E-state index in [2.05, 4.69) is 28.5 Å². The van der Waals surface area contributed by atoms with Gasteiger partial charge in [-0.05, 0) is 36.5 Å². The first-order valence-electron chi connectivity index (χ1n) is 9.39. The quantitative estimate of drug-likeness (QED) is 0.621. The number of methoxy groups -OCH3 is 1. The van der Waals surface area contributed by atoms with Crippen molar-refractivity contribution in [1.82, 2.24) is 9.97 Å². The molecule has 0 radical (unpaired) electrons. The number of aromatic nitrogens is 2. The smallest absolute Gasteiger partial charge is 0.263 e. The highest BCUT2D eigenvalue weighted by molar-refractivity contribution is 7.92. The molecule has 1 aromatic heterocycles. The van der Waals surface area contributed by atoms with Crippen LogP contribution in [0.25, 0.3) is 11.1 Å². The van der Waals surface area contributed by atoms with E-state index in [1.165, 1.54) is 18.9 Å². The van der Waals surface area contributed by atoms with Gasteiger partial charge >= 0.3 is 0 Å². The van der Waals surface area contributed by atoms with Crippen molar-refractivity contribution in [1.29, 1.82) is 0 Å². The van der Waals surface area contributed by atoms with Crippen LogP contribution in [0.3, 0.4) is 0 Å². The van der Waals surface area contributed by atoms with Gasteiger partial charge in [-0.25, -0.2) is 18.4 Å². The molecule has 0 fully saturated rings. The Morgan fingerprint density at radius 2 is 1.76 bits per heavy atom. The van der Waals surface area contributed by atoms with Gasteiger partial charge < -0.3 is 4.74 Å². The molecule has 3 aromatic rings. The van der Waals surface area contributed by atoms with Crippen LogP contribution in [0.2, 0.25) is 0 Å². The van der Waals surface area contributed by atoms with E-state index in [4.69, 9.17) is 4.74 Å². The number of ether oxygens (including phenoxy) is 1. The highest BCUT2D eigenvalue weighted by Gasteiger charge is 2.22. The molecule has 0 saturated heterocycles. The third-order valence-corrected chi connectivity index (χ3v) is 5.77. The lowest BCUT2D eigenvalue weighted by atomic mass is 9.99. The third kappa shape index (κ3) is 4.92. The zero-order valence-electron chi connectivity index (χ0n) is 17.0. The molecule has 1 heterocycles. The third-order valence-electron chi connectivity index (χ3n) is 4.37. The number of hydrogen-bond acceptors (Lipinski definition) is 5. The molecule has 2 aromatic carbocycles. The number of benzene rings is 2. The molecule has 152 valence electrons. The predicted molar refractivity (Wildman–Crippen MR) is 115 cm³/mol. The van der Waals surface area contributed by atoms with Crippen LogP contribution in [0.5, 0.6) is 5.88 Å². The summed E-state index contributed by atoms with van der Waals surface area (Å²) < 4.78 is 33.9. The van der Waals surface area contributed by atoms with E-state index in [1.807, 2.05) is 30.3 Å². The van der Waals surface area contributed by atoms with Gasteiger partial charge in [-0.15, -0.1) is 0 Å². The normalized spacial score (nSPS) is 11.5. The van der Waals surface area contributed by atoms with Gasteiger partial charge in [0.1, 0.15) is 0 Å². The van der Waals surface area contributed by atoms with E-state index in [-0.39, 0.29) is 16.6 Å². The van der Waals surface area contributed by atoms with E-state index in [9.17, 15) is 8.42 Å². The Hall–Kier alpha value is -2.93. The molecule has 0 bridgehead atoms. The zero-order chi connectivity index (χ0) is 21.0. The van der Waals surface area contributed by atoms with E-state index >= 15 is 0 Å². The number of anilines is 1. The van der Waals surface area contributed by atoms with Gasteiger partial charge in [0.15, 0.2) is 0 Å². The van der Waals surface area contributed by atoms with Gasteiger partial charge in [0, 0.05) is 5.56 Å². The molecule has 1 N–H and O–H groups in total. The van der Waals surface area contributed by atoms with Crippen molar-refractivity contribution >= 4 is 15.8 Å². The lowest BCUT2D eigenvalue weighted by Crippen LogP contribution is -2.16. The van der Waals surface area contributed by atoms with Crippen LogP contribution in [0.1, 0.15) is 25.1 Å². The summed E-state index contributed by atoms with van der Waals surface area (Å²) in [5.41, 5.74) is 3.31. The molecule has 0 saturated carbocycles. The zero-order valence-corrected chi connectivity index (χ0v) is 17.8. The van der Waals surface area contributed by atoms with Crippen molar-refractivity contribution in [3.63, 3.8) is 0 Å². The van der Waals surface area contributed by atoms with Crippen LogP contribution in [0.4, 0.5) is 5.82 Å². The Labute approximate surface area is 172 Å². The summed E-state index contributed by atoms with van der Waals surface area (Å²) in [6.45, 7) is 6.10. The second-order valence-electron chi connectivity index (χ2n) is 7.27. The van der Waals surface area contributed by atoms with Crippen LogP contribution in [-0.4, -0.2) is 25.5 Å². The molecule has 0 spiro atoms. The fraction of sp³-hybridized carbons (Fsp3) is 0.273. The minimum absolute atomic E-state index is 0.0557. The Morgan fingerprint density at radius 1 is 1.07 bits per heavy atom. The summed E-state index contributed by atoms with van der Waals surface area (Å²) in [6, 6.07) is 14.9. The van der Waals surface area contributed by atoms with Crippen LogP contribution in [-0.2, 0) is 16.4 Å². The average Bonchev–Trinajstić information content (AvgIpc) is 2.69. The van der Waals surface area contributed by atoms with Crippen molar-refractivity contribution in [2.24, 2.45) is 5.92 Å². The number of sulfonamides is 1. The first-order chi connectivity index (χ1) is 13.8. The van der Waals surface area contributed by atoms with Crippen LogP contribution in [0.15, 0.2) is 59.6 Å². The summed E-state index contributed by atoms with van der Waals surface area (Å²) in [5.74, 6) is 0.743. The predicted octanol–water partition coefficient (Wildman–Crippen LogP) is 4.46. The molecular weight excluding hydrogens is 386 g/mol. The monoisotopic (exact) mass is 411 g/mol. The molecule has 3 rings (SSSR count). The Balaban J connectivity index is 1.97. The Morgan fingerprint density at radius 3 is 2.41 bits per heavy atom. The van der Waals surface area contributed by atoms with E-state index in [0.717, 1.165) is 12.0 Å². The second-order valence-corrected chi connectivity index (χ2v) is 8.92. The molecule has 0 unspecified atom stereocenters. The Kier molecular flexibility index (Phi) is 6.17. The van der Waals surface area contributed by atoms with E-state index in [1.54, 1.807) is 25.1 Å². The van der Waals surface area contributed by atoms with Gasteiger partial charge in [-0.2, -0.15) is 0 Å². The number of nitrogens with zero attached hydrogens (tertiary/aromatic N) is 2. The lowest BCUT2D eigenvalue weighted by molar-refractivity contribution is 0.397. The average molecular weight is 412 g/mol. The van der Waals surface area contributed by atoms with Gasteiger partial charge in [-0.3, -0.25) is 4.72 Å². The van der Waals surface area contributed by atoms with Crippen molar-refractivity contribution in [3.05, 3.63) is 66.0 Å². The largest absolute Gasteiger partial charge is 0.478 e. The van der Waals surface area contributed by atoms with Gasteiger partial charge in [0.05, 0.1) is 23.9 Å². The summed E-state index contributed by atoms with van der Waals surface area (Å²) >= 11 is 0. The minimum Gasteiger partial charge on any atom is -0.478 e. The maximum absolute atomic E-state index is 13.1. The Bertz CT molecular complexity index is 1090. The standard InChI is InChI=1S/C22H25N3O3S/c1-15(2)13-17-9-11-18(12-10-17)19-7-5-6-8-20(19)29(26,27)25-21-22(28-4)24-16(3)14-23-21/h5-12,14-15H,13H2,1-4H3,(H,23,25). The summed E-state index contributed by atoms with van der Waals surface area (Å²) in [5, 5.41) is 0. The van der Waals surface area contributed by atoms with Crippen LogP contribution < -0.4 is 9.46 Å². The maximum atomic E-state index is 13.1.